The SMILES string of the molecule is Cc1cc2n(n1)[C@@H](C(F)(F)F)C[C@@H](C1CCCN(C(=O)Cc3ccc(F)cc3)C1)N2. The van der Waals surface area contributed by atoms with Crippen molar-refractivity contribution >= 4 is 11.7 Å². The molecule has 9 heteroatoms. The van der Waals surface area contributed by atoms with Crippen LogP contribution in [0.3, 0.4) is 0 Å². The summed E-state index contributed by atoms with van der Waals surface area (Å²) in [6.07, 6.45) is -2.84. The Morgan fingerprint density at radius 2 is 2.00 bits per heavy atom. The Hall–Kier alpha value is -2.58. The van der Waals surface area contributed by atoms with Gasteiger partial charge in [0.1, 0.15) is 11.6 Å². The van der Waals surface area contributed by atoms with Gasteiger partial charge in [0.05, 0.1) is 12.1 Å². The number of benzene rings is 1. The van der Waals surface area contributed by atoms with E-state index in [1.807, 2.05) is 0 Å². The Kier molecular flexibility index (Phi) is 5.46. The van der Waals surface area contributed by atoms with Gasteiger partial charge in [-0.15, -0.1) is 0 Å². The zero-order chi connectivity index (χ0) is 21.5. The minimum Gasteiger partial charge on any atom is -0.367 e. The number of nitrogens with one attached hydrogen (secondary N) is 1. The van der Waals surface area contributed by atoms with Crippen LogP contribution in [-0.4, -0.2) is 45.9 Å². The maximum Gasteiger partial charge on any atom is 0.410 e. The van der Waals surface area contributed by atoms with Gasteiger partial charge in [0.2, 0.25) is 5.91 Å². The number of fused-ring (bicyclic) bond motifs is 1. The van der Waals surface area contributed by atoms with Crippen LogP contribution in [0.15, 0.2) is 30.3 Å². The first-order valence-corrected chi connectivity index (χ1v) is 10.1. The van der Waals surface area contributed by atoms with Gasteiger partial charge in [-0.3, -0.25) is 4.79 Å². The topological polar surface area (TPSA) is 50.2 Å². The van der Waals surface area contributed by atoms with Crippen LogP contribution in [0.1, 0.15) is 36.6 Å². The number of aryl methyl sites for hydroxylation is 1. The fraction of sp³-hybridized carbons (Fsp3) is 0.524. The lowest BCUT2D eigenvalue weighted by Crippen LogP contribution is -2.49. The van der Waals surface area contributed by atoms with Gasteiger partial charge in [-0.25, -0.2) is 9.07 Å². The number of amides is 1. The number of hydrogen-bond acceptors (Lipinski definition) is 3. The molecule has 2 aromatic rings. The smallest absolute Gasteiger partial charge is 0.367 e. The first-order valence-electron chi connectivity index (χ1n) is 10.1. The Balaban J connectivity index is 1.46. The molecule has 4 rings (SSSR count). The van der Waals surface area contributed by atoms with E-state index in [1.165, 1.54) is 12.1 Å². The van der Waals surface area contributed by atoms with E-state index in [0.29, 0.717) is 24.6 Å². The third-order valence-electron chi connectivity index (χ3n) is 5.99. The molecule has 162 valence electrons. The number of anilines is 1. The zero-order valence-electron chi connectivity index (χ0n) is 16.6. The number of piperidine rings is 1. The van der Waals surface area contributed by atoms with Crippen molar-refractivity contribution in [1.29, 1.82) is 0 Å². The van der Waals surface area contributed by atoms with E-state index in [1.54, 1.807) is 30.0 Å². The molecule has 30 heavy (non-hydrogen) atoms. The van der Waals surface area contributed by atoms with Gasteiger partial charge in [0.25, 0.3) is 0 Å². The lowest BCUT2D eigenvalue weighted by molar-refractivity contribution is -0.175. The second kappa shape index (κ2) is 7.92. The predicted molar refractivity (Wildman–Crippen MR) is 103 cm³/mol. The number of rotatable bonds is 3. The Bertz CT molecular complexity index is 909. The third kappa shape index (κ3) is 4.29. The van der Waals surface area contributed by atoms with Gasteiger partial charge in [-0.05, 0) is 49.8 Å². The number of aromatic nitrogens is 2. The maximum atomic E-state index is 13.7. The molecule has 1 fully saturated rings. The number of carbonyl (C=O) groups excluding carboxylic acids is 1. The molecule has 3 heterocycles. The molecule has 0 spiro atoms. The van der Waals surface area contributed by atoms with E-state index in [9.17, 15) is 22.4 Å². The van der Waals surface area contributed by atoms with Crippen LogP contribution in [0.2, 0.25) is 0 Å². The minimum absolute atomic E-state index is 0.0790. The van der Waals surface area contributed by atoms with Crippen molar-refractivity contribution in [3.05, 3.63) is 47.4 Å². The summed E-state index contributed by atoms with van der Waals surface area (Å²) >= 11 is 0. The van der Waals surface area contributed by atoms with E-state index in [4.69, 9.17) is 0 Å². The number of halogens is 4. The molecule has 3 atom stereocenters. The summed E-state index contributed by atoms with van der Waals surface area (Å²) < 4.78 is 55.1. The average molecular weight is 424 g/mol. The fourth-order valence-electron chi connectivity index (χ4n) is 4.49. The molecule has 0 radical (unpaired) electrons. The Morgan fingerprint density at radius 3 is 2.70 bits per heavy atom. The molecule has 5 nitrogen and oxygen atoms in total. The van der Waals surface area contributed by atoms with Crippen LogP contribution >= 0.6 is 0 Å². The van der Waals surface area contributed by atoms with Gasteiger partial charge >= 0.3 is 6.18 Å². The molecule has 2 aliphatic heterocycles. The predicted octanol–water partition coefficient (Wildman–Crippen LogP) is 4.10. The summed E-state index contributed by atoms with van der Waals surface area (Å²) in [4.78, 5) is 14.4. The Labute approximate surface area is 172 Å². The molecule has 0 bridgehead atoms. The summed E-state index contributed by atoms with van der Waals surface area (Å²) in [5.74, 6) is -0.151. The van der Waals surface area contributed by atoms with Crippen molar-refractivity contribution in [1.82, 2.24) is 14.7 Å². The quantitative estimate of drug-likeness (QED) is 0.755. The van der Waals surface area contributed by atoms with Crippen LogP contribution < -0.4 is 5.32 Å². The fourth-order valence-corrected chi connectivity index (χ4v) is 4.49. The van der Waals surface area contributed by atoms with Crippen molar-refractivity contribution in [2.24, 2.45) is 5.92 Å². The molecule has 1 aromatic carbocycles. The second-order valence-electron chi connectivity index (χ2n) is 8.20. The maximum absolute atomic E-state index is 13.7. The molecule has 0 saturated carbocycles. The number of alkyl halides is 3. The van der Waals surface area contributed by atoms with Crippen LogP contribution in [0.4, 0.5) is 23.4 Å². The highest BCUT2D eigenvalue weighted by Gasteiger charge is 2.47. The van der Waals surface area contributed by atoms with Crippen molar-refractivity contribution in [2.45, 2.75) is 50.9 Å². The van der Waals surface area contributed by atoms with Crippen LogP contribution in [0.25, 0.3) is 0 Å². The first-order chi connectivity index (χ1) is 14.2. The van der Waals surface area contributed by atoms with Crippen LogP contribution in [0, 0.1) is 18.7 Å². The monoisotopic (exact) mass is 424 g/mol. The van der Waals surface area contributed by atoms with Gasteiger partial charge < -0.3 is 10.2 Å². The molecule has 0 aliphatic carbocycles. The second-order valence-corrected chi connectivity index (χ2v) is 8.20. The number of nitrogens with zero attached hydrogens (tertiary/aromatic N) is 3. The standard InChI is InChI=1S/C21H24F4N4O/c1-13-9-19-26-17(11-18(21(23,24)25)29(19)27-13)15-3-2-8-28(12-15)20(30)10-14-4-6-16(22)7-5-14/h4-7,9,15,17-18,26H,2-3,8,10-12H2,1H3/t15?,17-,18+/m0/s1. The van der Waals surface area contributed by atoms with Gasteiger partial charge in [-0.1, -0.05) is 12.1 Å². The molecule has 1 amide bonds. The van der Waals surface area contributed by atoms with E-state index >= 15 is 0 Å². The lowest BCUT2D eigenvalue weighted by atomic mass is 9.85. The summed E-state index contributed by atoms with van der Waals surface area (Å²) in [7, 11) is 0. The summed E-state index contributed by atoms with van der Waals surface area (Å²) in [6.45, 7) is 2.67. The van der Waals surface area contributed by atoms with E-state index in [0.717, 1.165) is 23.1 Å². The first kappa shape index (κ1) is 20.7. The van der Waals surface area contributed by atoms with E-state index in [-0.39, 0.29) is 36.5 Å². The van der Waals surface area contributed by atoms with Gasteiger partial charge in [0.15, 0.2) is 6.04 Å². The van der Waals surface area contributed by atoms with Crippen molar-refractivity contribution in [2.75, 3.05) is 18.4 Å². The molecular weight excluding hydrogens is 400 g/mol. The van der Waals surface area contributed by atoms with Gasteiger partial charge in [0, 0.05) is 25.2 Å². The molecule has 1 unspecified atom stereocenters. The summed E-state index contributed by atoms with van der Waals surface area (Å²) in [5, 5.41) is 7.24. The Morgan fingerprint density at radius 1 is 1.27 bits per heavy atom. The van der Waals surface area contributed by atoms with Crippen LogP contribution in [0.5, 0.6) is 0 Å². The highest BCUT2D eigenvalue weighted by molar-refractivity contribution is 5.78. The van der Waals surface area contributed by atoms with Crippen molar-refractivity contribution in [3.8, 4) is 0 Å². The summed E-state index contributed by atoms with van der Waals surface area (Å²) in [5.41, 5.74) is 1.25. The molecule has 2 aliphatic rings. The zero-order valence-corrected chi connectivity index (χ0v) is 16.6. The van der Waals surface area contributed by atoms with E-state index < -0.39 is 12.2 Å². The number of hydrogen-bond donors (Lipinski definition) is 1. The van der Waals surface area contributed by atoms with Gasteiger partial charge in [-0.2, -0.15) is 18.3 Å². The summed E-state index contributed by atoms with van der Waals surface area (Å²) in [6, 6.07) is 5.36. The molecule has 1 aromatic heterocycles. The van der Waals surface area contributed by atoms with Crippen molar-refractivity contribution < 1.29 is 22.4 Å². The lowest BCUT2D eigenvalue weighted by Gasteiger charge is -2.41. The van der Waals surface area contributed by atoms with Crippen LogP contribution in [-0.2, 0) is 11.2 Å². The highest BCUT2D eigenvalue weighted by Crippen LogP contribution is 2.42. The minimum atomic E-state index is -4.39. The van der Waals surface area contributed by atoms with Crippen molar-refractivity contribution in [3.63, 3.8) is 0 Å². The molecule has 1 saturated heterocycles. The average Bonchev–Trinajstić information content (AvgIpc) is 3.08. The normalized spacial score (nSPS) is 24.3. The highest BCUT2D eigenvalue weighted by atomic mass is 19.4. The molecular formula is C21H24F4N4O. The number of carbonyl (C=O) groups is 1. The third-order valence-corrected chi connectivity index (χ3v) is 5.99. The van der Waals surface area contributed by atoms with E-state index in [2.05, 4.69) is 10.4 Å². The number of likely N-dealkylation sites (tertiary alicyclic amines) is 1. The molecule has 1 N–H and O–H groups in total. The largest absolute Gasteiger partial charge is 0.410 e.